The maximum atomic E-state index is 12.8. The summed E-state index contributed by atoms with van der Waals surface area (Å²) in [6, 6.07) is 6.99. The summed E-state index contributed by atoms with van der Waals surface area (Å²) in [5, 5.41) is -1.25. The fourth-order valence-electron chi connectivity index (χ4n) is 1.88. The minimum Gasteiger partial charge on any atom is -0.494 e. The van der Waals surface area contributed by atoms with Crippen LogP contribution in [-0.4, -0.2) is 12.6 Å². The molecular formula is C15H12ClF5O3S. The Morgan fingerprint density at radius 1 is 1.00 bits per heavy atom. The molecule has 0 heterocycles. The molecule has 0 bridgehead atoms. The SMILES string of the molecule is CCOc1ccc(C(=O)Oc2ccc(S(F)(F)(F)(F)F)c(Cl)c2)cc1. The first kappa shape index (κ1) is 19.3. The van der Waals surface area contributed by atoms with Crippen molar-refractivity contribution >= 4 is 27.8 Å². The van der Waals surface area contributed by atoms with E-state index >= 15 is 0 Å². The highest BCUT2D eigenvalue weighted by Crippen LogP contribution is 3.02. The van der Waals surface area contributed by atoms with Crippen molar-refractivity contribution in [1.29, 1.82) is 0 Å². The number of carbonyl (C=O) groups excluding carboxylic acids is 1. The fraction of sp³-hybridized carbons (Fsp3) is 0.133. The number of benzene rings is 2. The molecule has 0 amide bonds. The van der Waals surface area contributed by atoms with E-state index in [1.165, 1.54) is 24.3 Å². The number of carbonyl (C=O) groups is 1. The Bertz CT molecular complexity index is 807. The molecule has 0 saturated heterocycles. The first-order valence-corrected chi connectivity index (χ1v) is 9.12. The molecule has 0 fully saturated rings. The van der Waals surface area contributed by atoms with Gasteiger partial charge in [0.2, 0.25) is 0 Å². The highest BCUT2D eigenvalue weighted by atomic mass is 35.5. The van der Waals surface area contributed by atoms with Crippen LogP contribution in [0.1, 0.15) is 17.3 Å². The third-order valence-corrected chi connectivity index (χ3v) is 4.54. The molecule has 0 spiro atoms. The van der Waals surface area contributed by atoms with E-state index in [9.17, 15) is 24.2 Å². The molecule has 2 rings (SSSR count). The van der Waals surface area contributed by atoms with Gasteiger partial charge in [-0.2, -0.15) is 0 Å². The Morgan fingerprint density at radius 3 is 2.04 bits per heavy atom. The Labute approximate surface area is 145 Å². The summed E-state index contributed by atoms with van der Waals surface area (Å²) in [4.78, 5) is 9.70. The van der Waals surface area contributed by atoms with Crippen LogP contribution in [0.4, 0.5) is 19.4 Å². The first-order valence-electron chi connectivity index (χ1n) is 6.79. The lowest BCUT2D eigenvalue weighted by Crippen LogP contribution is -2.10. The smallest absolute Gasteiger partial charge is 0.343 e. The van der Waals surface area contributed by atoms with Crippen LogP contribution >= 0.6 is 21.8 Å². The zero-order chi connectivity index (χ0) is 18.9. The van der Waals surface area contributed by atoms with Crippen LogP contribution in [0.3, 0.4) is 0 Å². The van der Waals surface area contributed by atoms with E-state index in [4.69, 9.17) is 21.1 Å². The predicted octanol–water partition coefficient (Wildman–Crippen LogP) is 6.62. The molecule has 10 heteroatoms. The van der Waals surface area contributed by atoms with Gasteiger partial charge in [-0.25, -0.2) is 4.79 Å². The number of ether oxygens (including phenoxy) is 2. The number of halogens is 6. The van der Waals surface area contributed by atoms with Crippen molar-refractivity contribution in [1.82, 2.24) is 0 Å². The molecule has 0 unspecified atom stereocenters. The molecule has 0 aliphatic heterocycles. The van der Waals surface area contributed by atoms with Crippen molar-refractivity contribution in [3.63, 3.8) is 0 Å². The third kappa shape index (κ3) is 4.99. The van der Waals surface area contributed by atoms with Crippen LogP contribution in [0.25, 0.3) is 0 Å². The summed E-state index contributed by atoms with van der Waals surface area (Å²) in [7, 11) is -9.92. The van der Waals surface area contributed by atoms with Crippen molar-refractivity contribution in [2.24, 2.45) is 0 Å². The lowest BCUT2D eigenvalue weighted by molar-refractivity contribution is 0.0734. The van der Waals surface area contributed by atoms with Gasteiger partial charge in [0.1, 0.15) is 16.4 Å². The highest BCUT2D eigenvalue weighted by Gasteiger charge is 2.66. The van der Waals surface area contributed by atoms with Crippen molar-refractivity contribution in [3.8, 4) is 11.5 Å². The average Bonchev–Trinajstić information content (AvgIpc) is 2.45. The van der Waals surface area contributed by atoms with Gasteiger partial charge in [-0.15, -0.1) is 0 Å². The van der Waals surface area contributed by atoms with Gasteiger partial charge in [0.25, 0.3) is 0 Å². The zero-order valence-electron chi connectivity index (χ0n) is 12.6. The maximum absolute atomic E-state index is 12.8. The highest BCUT2D eigenvalue weighted by molar-refractivity contribution is 8.45. The largest absolute Gasteiger partial charge is 0.494 e. The van der Waals surface area contributed by atoms with Crippen molar-refractivity contribution < 1.29 is 33.7 Å². The third-order valence-electron chi connectivity index (χ3n) is 2.93. The molecule has 0 aliphatic carbocycles. The molecule has 0 atom stereocenters. The topological polar surface area (TPSA) is 35.5 Å². The van der Waals surface area contributed by atoms with E-state index in [1.807, 2.05) is 0 Å². The molecule has 0 saturated carbocycles. The zero-order valence-corrected chi connectivity index (χ0v) is 14.2. The van der Waals surface area contributed by atoms with Gasteiger partial charge in [0, 0.05) is 6.07 Å². The van der Waals surface area contributed by atoms with Crippen molar-refractivity contribution in [3.05, 3.63) is 53.1 Å². The van der Waals surface area contributed by atoms with E-state index in [0.717, 1.165) is 0 Å². The Kier molecular flexibility index (Phi) is 4.46. The minimum absolute atomic E-state index is 0.0880. The second-order valence-corrected chi connectivity index (χ2v) is 7.69. The van der Waals surface area contributed by atoms with Crippen LogP contribution in [0.5, 0.6) is 11.5 Å². The Morgan fingerprint density at radius 2 is 1.56 bits per heavy atom. The summed E-state index contributed by atoms with van der Waals surface area (Å²) >= 11 is 5.30. The van der Waals surface area contributed by atoms with Crippen LogP contribution in [-0.2, 0) is 0 Å². The van der Waals surface area contributed by atoms with Gasteiger partial charge < -0.3 is 9.47 Å². The quantitative estimate of drug-likeness (QED) is 0.320. The van der Waals surface area contributed by atoms with E-state index < -0.39 is 31.9 Å². The van der Waals surface area contributed by atoms with E-state index in [2.05, 4.69) is 0 Å². The molecule has 2 aromatic carbocycles. The summed E-state index contributed by atoms with van der Waals surface area (Å²) in [6.45, 7) is 2.21. The van der Waals surface area contributed by atoms with Crippen LogP contribution in [0.2, 0.25) is 5.02 Å². The van der Waals surface area contributed by atoms with E-state index in [1.54, 1.807) is 6.92 Å². The summed E-state index contributed by atoms with van der Waals surface area (Å²) in [6.07, 6.45) is 0. The predicted molar refractivity (Wildman–Crippen MR) is 85.4 cm³/mol. The molecule has 25 heavy (non-hydrogen) atoms. The molecule has 0 radical (unpaired) electrons. The molecule has 0 N–H and O–H groups in total. The second-order valence-electron chi connectivity index (χ2n) is 4.91. The average molecular weight is 403 g/mol. The minimum atomic E-state index is -9.92. The molecule has 2 aromatic rings. The number of hydrogen-bond acceptors (Lipinski definition) is 3. The van der Waals surface area contributed by atoms with Gasteiger partial charge in [-0.05, 0) is 43.3 Å². The van der Waals surface area contributed by atoms with E-state index in [0.29, 0.717) is 24.5 Å². The normalized spacial score (nSPS) is 14.4. The van der Waals surface area contributed by atoms with Gasteiger partial charge in [0.15, 0.2) is 0 Å². The van der Waals surface area contributed by atoms with Crippen LogP contribution in [0.15, 0.2) is 47.4 Å². The Hall–Kier alpha value is -2.00. The van der Waals surface area contributed by atoms with Gasteiger partial charge in [0.05, 0.1) is 17.2 Å². The lowest BCUT2D eigenvalue weighted by atomic mass is 10.2. The van der Waals surface area contributed by atoms with E-state index in [-0.39, 0.29) is 11.6 Å². The summed E-state index contributed by atoms with van der Waals surface area (Å²) in [5.74, 6) is -0.768. The number of esters is 1. The number of hydrogen-bond donors (Lipinski definition) is 0. The van der Waals surface area contributed by atoms with Crippen molar-refractivity contribution in [2.75, 3.05) is 6.61 Å². The molecule has 138 valence electrons. The Balaban J connectivity index is 2.21. The monoisotopic (exact) mass is 402 g/mol. The van der Waals surface area contributed by atoms with Crippen LogP contribution < -0.4 is 9.47 Å². The molecule has 0 aromatic heterocycles. The first-order chi connectivity index (χ1) is 11.3. The summed E-state index contributed by atoms with van der Waals surface area (Å²) in [5.41, 5.74) is 0.0939. The molecule has 0 aliphatic rings. The standard InChI is InChI=1S/C15H12ClF5O3S/c1-2-23-11-5-3-10(4-6-11)15(22)24-12-7-8-14(13(16)9-12)25(17,18,19,20)21/h3-9H,2H2,1H3. The second kappa shape index (κ2) is 5.77. The van der Waals surface area contributed by atoms with Gasteiger partial charge in [-0.1, -0.05) is 31.0 Å². The van der Waals surface area contributed by atoms with Gasteiger partial charge in [-0.3, -0.25) is 0 Å². The number of rotatable bonds is 5. The van der Waals surface area contributed by atoms with Crippen molar-refractivity contribution in [2.45, 2.75) is 11.8 Å². The van der Waals surface area contributed by atoms with Crippen LogP contribution in [0, 0.1) is 0 Å². The molecular weight excluding hydrogens is 391 g/mol. The molecule has 3 nitrogen and oxygen atoms in total. The summed E-state index contributed by atoms with van der Waals surface area (Å²) < 4.78 is 73.9. The fourth-order valence-corrected chi connectivity index (χ4v) is 3.24. The lowest BCUT2D eigenvalue weighted by Gasteiger charge is -2.41. The maximum Gasteiger partial charge on any atom is 0.343 e. The van der Waals surface area contributed by atoms with Gasteiger partial charge >= 0.3 is 16.2 Å².